The van der Waals surface area contributed by atoms with Crippen molar-refractivity contribution in [1.29, 1.82) is 0 Å². The average Bonchev–Trinajstić information content (AvgIpc) is 1.21. The molecule has 3 unspecified atom stereocenters. The van der Waals surface area contributed by atoms with Gasteiger partial charge in [-0.05, 0) is 49.4 Å². The van der Waals surface area contributed by atoms with Crippen LogP contribution in [-0.2, 0) is 65.4 Å². The molecule has 0 rings (SSSR count). The van der Waals surface area contributed by atoms with Crippen LogP contribution in [0.15, 0.2) is 0 Å². The highest BCUT2D eigenvalue weighted by molar-refractivity contribution is 7.47. The molecule has 0 bridgehead atoms. The summed E-state index contributed by atoms with van der Waals surface area (Å²) in [4.78, 5) is 72.9. The molecule has 0 aromatic carbocycles. The first-order chi connectivity index (χ1) is 47.1. The maximum absolute atomic E-state index is 13.1. The van der Waals surface area contributed by atoms with Crippen molar-refractivity contribution in [2.24, 2.45) is 23.7 Å². The van der Waals surface area contributed by atoms with E-state index in [0.29, 0.717) is 25.7 Å². The number of phosphoric acid groups is 2. The second-order valence-corrected chi connectivity index (χ2v) is 33.0. The minimum absolute atomic E-state index is 0.105. The minimum atomic E-state index is -4.96. The molecular formula is C79H154O17P2. The number of unbranched alkanes of at least 4 members (excludes halogenated alkanes) is 41. The SMILES string of the molecule is CCC(C)CCCCCCCCC(=O)OC[C@H](COP(=O)(O)OC[C@H](O)COP(=O)(O)OC[C@@H](COC(=O)CCCCCCCCCCCCC(C)C)OC(=O)CCCCCCCCCCCCCCCCCCCCC(C)C)OC(=O)CCCCCCCCCCCCCC(C)C. The summed E-state index contributed by atoms with van der Waals surface area (Å²) in [6.07, 6.45) is 54.2. The fraction of sp³-hybridized carbons (Fsp3) is 0.949. The lowest BCUT2D eigenvalue weighted by Gasteiger charge is -2.21. The molecule has 0 aliphatic carbocycles. The van der Waals surface area contributed by atoms with Crippen LogP contribution in [0, 0.1) is 23.7 Å². The molecule has 0 fully saturated rings. The fourth-order valence-corrected chi connectivity index (χ4v) is 13.6. The van der Waals surface area contributed by atoms with Gasteiger partial charge in [0.05, 0.1) is 26.4 Å². The maximum atomic E-state index is 13.1. The van der Waals surface area contributed by atoms with Crippen molar-refractivity contribution >= 4 is 39.5 Å². The Morgan fingerprint density at radius 1 is 0.286 bits per heavy atom. The lowest BCUT2D eigenvalue weighted by Crippen LogP contribution is -2.30. The lowest BCUT2D eigenvalue weighted by molar-refractivity contribution is -0.161. The Hall–Kier alpha value is -1.94. The summed E-state index contributed by atoms with van der Waals surface area (Å²) in [7, 11) is -9.92. The number of hydrogen-bond acceptors (Lipinski definition) is 15. The van der Waals surface area contributed by atoms with Gasteiger partial charge < -0.3 is 33.8 Å². The van der Waals surface area contributed by atoms with Gasteiger partial charge in [-0.25, -0.2) is 9.13 Å². The van der Waals surface area contributed by atoms with Gasteiger partial charge in [-0.15, -0.1) is 0 Å². The topological polar surface area (TPSA) is 237 Å². The molecule has 0 saturated heterocycles. The highest BCUT2D eigenvalue weighted by Gasteiger charge is 2.30. The number of aliphatic hydroxyl groups excluding tert-OH is 1. The largest absolute Gasteiger partial charge is 0.472 e. The normalized spacial score (nSPS) is 14.3. The molecule has 19 heteroatoms. The summed E-state index contributed by atoms with van der Waals surface area (Å²) >= 11 is 0. The fourth-order valence-electron chi connectivity index (χ4n) is 12.0. The average molecular weight is 1440 g/mol. The van der Waals surface area contributed by atoms with E-state index in [4.69, 9.17) is 37.0 Å². The molecule has 98 heavy (non-hydrogen) atoms. The first-order valence-corrected chi connectivity index (χ1v) is 43.7. The van der Waals surface area contributed by atoms with E-state index in [-0.39, 0.29) is 25.7 Å². The second-order valence-electron chi connectivity index (χ2n) is 30.1. The van der Waals surface area contributed by atoms with Gasteiger partial charge >= 0.3 is 39.5 Å². The van der Waals surface area contributed by atoms with Crippen molar-refractivity contribution in [2.45, 2.75) is 420 Å². The van der Waals surface area contributed by atoms with Crippen molar-refractivity contribution in [1.82, 2.24) is 0 Å². The Labute approximate surface area is 600 Å². The highest BCUT2D eigenvalue weighted by Crippen LogP contribution is 2.45. The molecule has 0 amide bonds. The van der Waals surface area contributed by atoms with E-state index in [0.717, 1.165) is 120 Å². The standard InChI is InChI=1S/C79H154O17P2/c1-9-72(8)58-50-42-37-38-44-52-60-77(82)90-66-75(96-79(84)62-54-46-36-30-22-18-20-26-32-40-48-56-70(4)5)68-94-98(87,88)92-64-73(80)63-91-97(85,86)93-67-74(65-89-76(81)59-51-43-34-28-24-23-27-33-41-49-57-71(6)7)95-78(83)61-53-45-35-29-21-17-15-13-11-10-12-14-16-19-25-31-39-47-55-69(2)3/h69-75,80H,9-68H2,1-8H3,(H,85,86)(H,87,88)/t72?,73-,74-,75-/m1/s1. The van der Waals surface area contributed by atoms with Crippen LogP contribution >= 0.6 is 15.6 Å². The molecule has 17 nitrogen and oxygen atoms in total. The van der Waals surface area contributed by atoms with Crippen molar-refractivity contribution in [3.8, 4) is 0 Å². The number of ether oxygens (including phenoxy) is 4. The van der Waals surface area contributed by atoms with E-state index in [1.807, 2.05) is 0 Å². The summed E-state index contributed by atoms with van der Waals surface area (Å²) in [6, 6.07) is 0. The van der Waals surface area contributed by atoms with Crippen LogP contribution < -0.4 is 0 Å². The van der Waals surface area contributed by atoms with Crippen molar-refractivity contribution in [3.05, 3.63) is 0 Å². The van der Waals surface area contributed by atoms with Gasteiger partial charge in [0.1, 0.15) is 19.3 Å². The Bertz CT molecular complexity index is 1920. The molecule has 0 saturated carbocycles. The zero-order valence-corrected chi connectivity index (χ0v) is 66.2. The molecule has 0 aromatic rings. The van der Waals surface area contributed by atoms with Gasteiger partial charge in [-0.3, -0.25) is 37.3 Å². The molecular weight excluding hydrogens is 1280 g/mol. The highest BCUT2D eigenvalue weighted by atomic mass is 31.2. The van der Waals surface area contributed by atoms with E-state index < -0.39 is 97.5 Å². The molecule has 0 spiro atoms. The van der Waals surface area contributed by atoms with Gasteiger partial charge in [0.25, 0.3) is 0 Å². The van der Waals surface area contributed by atoms with Gasteiger partial charge in [0, 0.05) is 25.7 Å². The first-order valence-electron chi connectivity index (χ1n) is 40.7. The number of phosphoric ester groups is 2. The van der Waals surface area contributed by atoms with Crippen LogP contribution in [-0.4, -0.2) is 96.7 Å². The summed E-state index contributed by atoms with van der Waals surface area (Å²) in [5.74, 6) is 0.957. The predicted octanol–water partition coefficient (Wildman–Crippen LogP) is 23.2. The molecule has 0 aliphatic heterocycles. The van der Waals surface area contributed by atoms with Gasteiger partial charge in [-0.2, -0.15) is 0 Å². The monoisotopic (exact) mass is 1440 g/mol. The van der Waals surface area contributed by atoms with Crippen LogP contribution in [0.5, 0.6) is 0 Å². The summed E-state index contributed by atoms with van der Waals surface area (Å²) in [5.41, 5.74) is 0. The Morgan fingerprint density at radius 3 is 0.724 bits per heavy atom. The minimum Gasteiger partial charge on any atom is -0.462 e. The third kappa shape index (κ3) is 71.1. The van der Waals surface area contributed by atoms with E-state index in [1.165, 1.54) is 199 Å². The third-order valence-electron chi connectivity index (χ3n) is 18.7. The number of hydrogen-bond donors (Lipinski definition) is 3. The number of aliphatic hydroxyl groups is 1. The van der Waals surface area contributed by atoms with Crippen molar-refractivity contribution < 1.29 is 80.2 Å². The first kappa shape index (κ1) is 96.1. The summed E-state index contributed by atoms with van der Waals surface area (Å²) < 4.78 is 68.6. The zero-order chi connectivity index (χ0) is 72.4. The lowest BCUT2D eigenvalue weighted by atomic mass is 10.00. The van der Waals surface area contributed by atoms with Gasteiger partial charge in [0.15, 0.2) is 12.2 Å². The Balaban J connectivity index is 5.22. The third-order valence-corrected chi connectivity index (χ3v) is 20.6. The smallest absolute Gasteiger partial charge is 0.462 e. The van der Waals surface area contributed by atoms with E-state index in [9.17, 15) is 43.2 Å². The molecule has 0 heterocycles. The number of esters is 4. The molecule has 3 N–H and O–H groups in total. The molecule has 6 atom stereocenters. The van der Waals surface area contributed by atoms with E-state index in [1.54, 1.807) is 0 Å². The predicted molar refractivity (Wildman–Crippen MR) is 400 cm³/mol. The number of carbonyl (C=O) groups excluding carboxylic acids is 4. The Morgan fingerprint density at radius 2 is 0.490 bits per heavy atom. The van der Waals surface area contributed by atoms with E-state index in [2.05, 4.69) is 55.4 Å². The molecule has 0 radical (unpaired) electrons. The summed E-state index contributed by atoms with van der Waals surface area (Å²) in [6.45, 7) is 14.2. The van der Waals surface area contributed by atoms with Crippen LogP contribution in [0.25, 0.3) is 0 Å². The number of carbonyl (C=O) groups is 4. The van der Waals surface area contributed by atoms with Crippen molar-refractivity contribution in [2.75, 3.05) is 39.6 Å². The summed E-state index contributed by atoms with van der Waals surface area (Å²) in [5, 5.41) is 10.6. The Kier molecular flexibility index (Phi) is 66.8. The van der Waals surface area contributed by atoms with Gasteiger partial charge in [-0.1, -0.05) is 351 Å². The van der Waals surface area contributed by atoms with Gasteiger partial charge in [0.2, 0.25) is 0 Å². The van der Waals surface area contributed by atoms with Crippen LogP contribution in [0.1, 0.15) is 402 Å². The zero-order valence-electron chi connectivity index (χ0n) is 64.4. The quantitative estimate of drug-likeness (QED) is 0.0222. The molecule has 0 aliphatic rings. The maximum Gasteiger partial charge on any atom is 0.472 e. The van der Waals surface area contributed by atoms with Crippen LogP contribution in [0.2, 0.25) is 0 Å². The number of rotatable bonds is 76. The van der Waals surface area contributed by atoms with Crippen molar-refractivity contribution in [3.63, 3.8) is 0 Å². The second kappa shape index (κ2) is 68.2. The van der Waals surface area contributed by atoms with E-state index >= 15 is 0 Å². The van der Waals surface area contributed by atoms with Crippen LogP contribution in [0.4, 0.5) is 0 Å². The molecule has 0 aromatic heterocycles. The van der Waals surface area contributed by atoms with Crippen LogP contribution in [0.3, 0.4) is 0 Å². The molecule has 582 valence electrons.